The highest BCUT2D eigenvalue weighted by Crippen LogP contribution is 2.38. The highest BCUT2D eigenvalue weighted by molar-refractivity contribution is 7.89. The van der Waals surface area contributed by atoms with E-state index in [4.69, 9.17) is 4.74 Å². The van der Waals surface area contributed by atoms with Gasteiger partial charge in [-0.2, -0.15) is 0 Å². The summed E-state index contributed by atoms with van der Waals surface area (Å²) in [6.45, 7) is 14.2. The average Bonchev–Trinajstić information content (AvgIpc) is 2.74. The van der Waals surface area contributed by atoms with E-state index in [0.717, 1.165) is 18.6 Å². The molecule has 165 valence electrons. The Kier molecular flexibility index (Phi) is 8.12. The van der Waals surface area contributed by atoms with Gasteiger partial charge < -0.3 is 4.74 Å². The fraction of sp³-hybridized carbons (Fsp3) is 0.520. The van der Waals surface area contributed by atoms with E-state index in [0.29, 0.717) is 19.6 Å². The number of sulfonamides is 1. The summed E-state index contributed by atoms with van der Waals surface area (Å²) in [4.78, 5) is 0.229. The third-order valence-electron chi connectivity index (χ3n) is 6.12. The molecule has 0 bridgehead atoms. The van der Waals surface area contributed by atoms with E-state index in [1.54, 1.807) is 18.2 Å². The van der Waals surface area contributed by atoms with Gasteiger partial charge in [-0.1, -0.05) is 65.8 Å². The molecule has 2 aromatic rings. The Morgan fingerprint density at radius 3 is 2.33 bits per heavy atom. The van der Waals surface area contributed by atoms with Crippen LogP contribution in [0.5, 0.6) is 5.75 Å². The maximum Gasteiger partial charge on any atom is 0.240 e. The van der Waals surface area contributed by atoms with Gasteiger partial charge in [-0.25, -0.2) is 13.1 Å². The van der Waals surface area contributed by atoms with Crippen LogP contribution in [0.4, 0.5) is 0 Å². The first-order chi connectivity index (χ1) is 14.0. The molecule has 0 aliphatic rings. The van der Waals surface area contributed by atoms with E-state index in [-0.39, 0.29) is 15.7 Å². The second kappa shape index (κ2) is 9.97. The zero-order valence-electron chi connectivity index (χ0n) is 19.2. The molecule has 0 aliphatic heterocycles. The Morgan fingerprint density at radius 2 is 1.73 bits per heavy atom. The van der Waals surface area contributed by atoms with Crippen LogP contribution < -0.4 is 9.46 Å². The summed E-state index contributed by atoms with van der Waals surface area (Å²) >= 11 is 0. The second-order valence-electron chi connectivity index (χ2n) is 9.02. The molecule has 1 radical (unpaired) electrons. The first-order valence-electron chi connectivity index (χ1n) is 10.8. The molecule has 0 fully saturated rings. The van der Waals surface area contributed by atoms with Crippen molar-refractivity contribution in [3.8, 4) is 5.75 Å². The monoisotopic (exact) mass is 430 g/mol. The van der Waals surface area contributed by atoms with Gasteiger partial charge in [0, 0.05) is 12.1 Å². The van der Waals surface area contributed by atoms with Gasteiger partial charge in [-0.15, -0.1) is 0 Å². The molecule has 0 aromatic heterocycles. The van der Waals surface area contributed by atoms with Gasteiger partial charge in [0.2, 0.25) is 10.0 Å². The van der Waals surface area contributed by atoms with E-state index in [1.165, 1.54) is 17.2 Å². The minimum absolute atomic E-state index is 0.000559. The highest BCUT2D eigenvalue weighted by atomic mass is 32.2. The van der Waals surface area contributed by atoms with Crippen molar-refractivity contribution in [1.29, 1.82) is 0 Å². The summed E-state index contributed by atoms with van der Waals surface area (Å²) in [7, 11) is -3.50. The number of benzene rings is 2. The second-order valence-corrected chi connectivity index (χ2v) is 10.8. The fourth-order valence-electron chi connectivity index (χ4n) is 3.09. The average molecular weight is 431 g/mol. The van der Waals surface area contributed by atoms with E-state index >= 15 is 0 Å². The van der Waals surface area contributed by atoms with Crippen molar-refractivity contribution >= 4 is 10.0 Å². The molecule has 0 spiro atoms. The fourth-order valence-corrected chi connectivity index (χ4v) is 4.15. The summed E-state index contributed by atoms with van der Waals surface area (Å²) < 4.78 is 33.3. The number of hydrogen-bond donors (Lipinski definition) is 1. The first-order valence-corrected chi connectivity index (χ1v) is 12.3. The smallest absolute Gasteiger partial charge is 0.240 e. The molecule has 0 saturated carbocycles. The molecule has 0 aliphatic carbocycles. The van der Waals surface area contributed by atoms with Crippen LogP contribution >= 0.6 is 0 Å². The predicted octanol–water partition coefficient (Wildman–Crippen LogP) is 5.61. The maximum absolute atomic E-state index is 12.3. The number of hydrogen-bond acceptors (Lipinski definition) is 3. The van der Waals surface area contributed by atoms with Gasteiger partial charge in [-0.05, 0) is 59.9 Å². The minimum Gasteiger partial charge on any atom is -0.493 e. The Labute approximate surface area is 183 Å². The lowest BCUT2D eigenvalue weighted by atomic mass is 9.76. The minimum atomic E-state index is -3.50. The molecule has 0 saturated heterocycles. The SMILES string of the molecule is CCC(C)(C)c1ccc(OCCCNS(=O)(=O)c2c[c]ccc2)c(C(C)(C)CC)c1. The standard InChI is InChI=1S/C25H36NO3S/c1-7-24(3,4)20-15-16-23(22(19-20)25(5,6)8-2)29-18-12-17-26-30(27,28)21-13-10-9-11-14-21/h9-10,13-16,19,26H,7-8,12,17-18H2,1-6H3. The van der Waals surface area contributed by atoms with Gasteiger partial charge in [-0.3, -0.25) is 0 Å². The van der Waals surface area contributed by atoms with Crippen LogP contribution in [0.25, 0.3) is 0 Å². The lowest BCUT2D eigenvalue weighted by molar-refractivity contribution is 0.300. The zero-order chi connectivity index (χ0) is 22.4. The van der Waals surface area contributed by atoms with E-state index < -0.39 is 10.0 Å². The summed E-state index contributed by atoms with van der Waals surface area (Å²) in [5.74, 6) is 0.887. The Morgan fingerprint density at radius 1 is 1.03 bits per heavy atom. The third-order valence-corrected chi connectivity index (χ3v) is 7.58. The largest absolute Gasteiger partial charge is 0.493 e. The molecule has 1 N–H and O–H groups in total. The molecule has 0 atom stereocenters. The molecule has 0 amide bonds. The van der Waals surface area contributed by atoms with Gasteiger partial charge in [0.15, 0.2) is 0 Å². The lowest BCUT2D eigenvalue weighted by Gasteiger charge is -2.30. The van der Waals surface area contributed by atoms with Crippen molar-refractivity contribution in [2.75, 3.05) is 13.2 Å². The van der Waals surface area contributed by atoms with Gasteiger partial charge >= 0.3 is 0 Å². The third kappa shape index (κ3) is 6.08. The molecule has 0 heterocycles. The van der Waals surface area contributed by atoms with Gasteiger partial charge in [0.05, 0.1) is 11.5 Å². The summed E-state index contributed by atoms with van der Waals surface area (Å²) in [6, 6.07) is 15.7. The van der Waals surface area contributed by atoms with E-state index in [1.807, 2.05) is 0 Å². The molecule has 2 rings (SSSR count). The van der Waals surface area contributed by atoms with Crippen LogP contribution in [0.2, 0.25) is 0 Å². The van der Waals surface area contributed by atoms with Gasteiger partial charge in [0.1, 0.15) is 5.75 Å². The Hall–Kier alpha value is -1.85. The zero-order valence-corrected chi connectivity index (χ0v) is 20.0. The molecule has 2 aromatic carbocycles. The summed E-state index contributed by atoms with van der Waals surface area (Å²) in [5.41, 5.74) is 2.65. The Bertz CT molecular complexity index is 919. The van der Waals surface area contributed by atoms with Crippen LogP contribution in [0.3, 0.4) is 0 Å². The molecule has 0 unspecified atom stereocenters. The molecule has 30 heavy (non-hydrogen) atoms. The van der Waals surface area contributed by atoms with E-state index in [9.17, 15) is 8.42 Å². The van der Waals surface area contributed by atoms with Crippen molar-refractivity contribution in [1.82, 2.24) is 4.72 Å². The van der Waals surface area contributed by atoms with Crippen LogP contribution in [-0.4, -0.2) is 21.6 Å². The topological polar surface area (TPSA) is 55.4 Å². The van der Waals surface area contributed by atoms with E-state index in [2.05, 4.69) is 70.5 Å². The Balaban J connectivity index is 2.04. The highest BCUT2D eigenvalue weighted by Gasteiger charge is 2.26. The van der Waals surface area contributed by atoms with Crippen molar-refractivity contribution < 1.29 is 13.2 Å². The lowest BCUT2D eigenvalue weighted by Crippen LogP contribution is -2.26. The molecule has 4 nitrogen and oxygen atoms in total. The molecule has 5 heteroatoms. The number of nitrogens with one attached hydrogen (secondary N) is 1. The van der Waals surface area contributed by atoms with Crippen molar-refractivity contribution in [2.24, 2.45) is 0 Å². The van der Waals surface area contributed by atoms with Crippen LogP contribution in [0, 0.1) is 6.07 Å². The van der Waals surface area contributed by atoms with Gasteiger partial charge in [0.25, 0.3) is 0 Å². The van der Waals surface area contributed by atoms with Crippen LogP contribution in [0.1, 0.15) is 71.9 Å². The number of ether oxygens (including phenoxy) is 1. The first kappa shape index (κ1) is 24.4. The van der Waals surface area contributed by atoms with Crippen molar-refractivity contribution in [3.05, 3.63) is 59.7 Å². The quantitative estimate of drug-likeness (QED) is 0.472. The summed E-state index contributed by atoms with van der Waals surface area (Å²) in [6.07, 6.45) is 2.66. The van der Waals surface area contributed by atoms with Crippen molar-refractivity contribution in [2.45, 2.75) is 76.5 Å². The van der Waals surface area contributed by atoms with Crippen molar-refractivity contribution in [3.63, 3.8) is 0 Å². The van der Waals surface area contributed by atoms with Crippen LogP contribution in [-0.2, 0) is 20.9 Å². The normalized spacial score (nSPS) is 12.7. The van der Waals surface area contributed by atoms with Crippen LogP contribution in [0.15, 0.2) is 47.4 Å². The predicted molar refractivity (Wildman–Crippen MR) is 124 cm³/mol. The maximum atomic E-state index is 12.3. The molecular formula is C25H36NO3S. The summed E-state index contributed by atoms with van der Waals surface area (Å²) in [5, 5.41) is 0. The molecular weight excluding hydrogens is 394 g/mol. The number of rotatable bonds is 11.